The Hall–Kier alpha value is -2.43. The van der Waals surface area contributed by atoms with Gasteiger partial charge in [-0.15, -0.1) is 0 Å². The predicted molar refractivity (Wildman–Crippen MR) is 65.3 cm³/mol. The highest BCUT2D eigenvalue weighted by atomic mass is 19.1. The Morgan fingerprint density at radius 3 is 2.53 bits per heavy atom. The van der Waals surface area contributed by atoms with Gasteiger partial charge in [0.1, 0.15) is 22.9 Å². The lowest BCUT2D eigenvalue weighted by atomic mass is 10.0. The Labute approximate surface area is 108 Å². The van der Waals surface area contributed by atoms with Crippen LogP contribution in [0.5, 0.6) is 5.75 Å². The number of hydrogen-bond acceptors (Lipinski definition) is 2. The van der Waals surface area contributed by atoms with Crippen LogP contribution in [0.1, 0.15) is 10.4 Å². The van der Waals surface area contributed by atoms with Gasteiger partial charge in [-0.1, -0.05) is 6.07 Å². The molecule has 0 amide bonds. The van der Waals surface area contributed by atoms with Crippen molar-refractivity contribution in [2.45, 2.75) is 0 Å². The lowest BCUT2D eigenvalue weighted by Gasteiger charge is -2.09. The molecule has 98 valence electrons. The molecule has 0 radical (unpaired) electrons. The maximum atomic E-state index is 13.6. The van der Waals surface area contributed by atoms with Gasteiger partial charge in [-0.25, -0.2) is 13.6 Å². The highest BCUT2D eigenvalue weighted by Crippen LogP contribution is 2.29. The topological polar surface area (TPSA) is 46.5 Å². The number of carboxylic acids is 1. The van der Waals surface area contributed by atoms with Gasteiger partial charge in [-0.05, 0) is 35.9 Å². The fourth-order valence-electron chi connectivity index (χ4n) is 1.75. The fourth-order valence-corrected chi connectivity index (χ4v) is 1.75. The van der Waals surface area contributed by atoms with E-state index in [9.17, 15) is 13.6 Å². The molecule has 3 nitrogen and oxygen atoms in total. The van der Waals surface area contributed by atoms with Gasteiger partial charge in [-0.2, -0.15) is 0 Å². The third-order valence-electron chi connectivity index (χ3n) is 2.67. The number of carbonyl (C=O) groups is 1. The van der Waals surface area contributed by atoms with Crippen LogP contribution in [0, 0.1) is 11.6 Å². The van der Waals surface area contributed by atoms with Crippen LogP contribution >= 0.6 is 0 Å². The monoisotopic (exact) mass is 264 g/mol. The molecule has 1 N–H and O–H groups in total. The summed E-state index contributed by atoms with van der Waals surface area (Å²) in [5.74, 6) is -2.22. The molecule has 0 heterocycles. The summed E-state index contributed by atoms with van der Waals surface area (Å²) < 4.78 is 31.7. The van der Waals surface area contributed by atoms with E-state index in [4.69, 9.17) is 9.84 Å². The van der Waals surface area contributed by atoms with Gasteiger partial charge in [-0.3, -0.25) is 0 Å². The number of rotatable bonds is 3. The number of hydrogen-bond donors (Lipinski definition) is 1. The van der Waals surface area contributed by atoms with Crippen LogP contribution in [0.25, 0.3) is 11.1 Å². The number of carboxylic acid groups (broad SMARTS) is 1. The first kappa shape index (κ1) is 13.0. The van der Waals surface area contributed by atoms with E-state index in [1.165, 1.54) is 25.3 Å². The zero-order valence-electron chi connectivity index (χ0n) is 9.98. The largest absolute Gasteiger partial charge is 0.496 e. The van der Waals surface area contributed by atoms with E-state index in [0.29, 0.717) is 5.56 Å². The highest BCUT2D eigenvalue weighted by Gasteiger charge is 2.14. The van der Waals surface area contributed by atoms with E-state index in [1.54, 1.807) is 0 Å². The Bertz CT molecular complexity index is 639. The van der Waals surface area contributed by atoms with Gasteiger partial charge in [0.15, 0.2) is 0 Å². The molecular formula is C14H10F2O3. The molecule has 0 aromatic heterocycles. The zero-order chi connectivity index (χ0) is 14.0. The number of aromatic carboxylic acids is 1. The molecular weight excluding hydrogens is 254 g/mol. The third kappa shape index (κ3) is 2.54. The summed E-state index contributed by atoms with van der Waals surface area (Å²) in [5.41, 5.74) is 0.358. The fraction of sp³-hybridized carbons (Fsp3) is 0.0714. The molecule has 0 aliphatic heterocycles. The Morgan fingerprint density at radius 1 is 1.16 bits per heavy atom. The molecule has 0 saturated carbocycles. The molecule has 2 rings (SSSR count). The van der Waals surface area contributed by atoms with E-state index in [0.717, 1.165) is 18.2 Å². The van der Waals surface area contributed by atoms with Crippen LogP contribution < -0.4 is 4.74 Å². The van der Waals surface area contributed by atoms with Crippen LogP contribution in [0.3, 0.4) is 0 Å². The zero-order valence-corrected chi connectivity index (χ0v) is 9.98. The highest BCUT2D eigenvalue weighted by molar-refractivity contribution is 5.92. The van der Waals surface area contributed by atoms with Crippen molar-refractivity contribution in [1.29, 1.82) is 0 Å². The van der Waals surface area contributed by atoms with Gasteiger partial charge in [0.25, 0.3) is 0 Å². The molecule has 2 aromatic rings. The first-order valence-corrected chi connectivity index (χ1v) is 5.39. The maximum Gasteiger partial charge on any atom is 0.339 e. The summed E-state index contributed by atoms with van der Waals surface area (Å²) in [6.07, 6.45) is 0. The normalized spacial score (nSPS) is 10.3. The van der Waals surface area contributed by atoms with Crippen LogP contribution in [-0.4, -0.2) is 18.2 Å². The standard InChI is InChI=1S/C14H10F2O3/c1-19-13-6-8(2-4-10(13)14(17)18)11-7-9(15)3-5-12(11)16/h2-7H,1H3,(H,17,18). The van der Waals surface area contributed by atoms with Crippen molar-refractivity contribution in [2.24, 2.45) is 0 Å². The average molecular weight is 264 g/mol. The van der Waals surface area contributed by atoms with Crippen LogP contribution in [0.2, 0.25) is 0 Å². The van der Waals surface area contributed by atoms with E-state index in [-0.39, 0.29) is 16.9 Å². The summed E-state index contributed by atoms with van der Waals surface area (Å²) >= 11 is 0. The lowest BCUT2D eigenvalue weighted by Crippen LogP contribution is -2.00. The lowest BCUT2D eigenvalue weighted by molar-refractivity contribution is 0.0693. The molecule has 0 fully saturated rings. The minimum atomic E-state index is -1.15. The molecule has 0 bridgehead atoms. The van der Waals surface area contributed by atoms with E-state index in [2.05, 4.69) is 0 Å². The minimum Gasteiger partial charge on any atom is -0.496 e. The van der Waals surface area contributed by atoms with Gasteiger partial charge in [0.05, 0.1) is 7.11 Å². The number of ether oxygens (including phenoxy) is 1. The van der Waals surface area contributed by atoms with Crippen LogP contribution in [0.4, 0.5) is 8.78 Å². The number of halogens is 2. The molecule has 2 aromatic carbocycles. The van der Waals surface area contributed by atoms with Gasteiger partial charge < -0.3 is 9.84 Å². The summed E-state index contributed by atoms with van der Waals surface area (Å²) in [4.78, 5) is 10.9. The minimum absolute atomic E-state index is 0.0388. The van der Waals surface area contributed by atoms with Crippen molar-refractivity contribution >= 4 is 5.97 Å². The Morgan fingerprint density at radius 2 is 1.89 bits per heavy atom. The van der Waals surface area contributed by atoms with Crippen molar-refractivity contribution in [1.82, 2.24) is 0 Å². The molecule has 0 atom stereocenters. The SMILES string of the molecule is COc1cc(-c2cc(F)ccc2F)ccc1C(=O)O. The van der Waals surface area contributed by atoms with Gasteiger partial charge in [0, 0.05) is 5.56 Å². The van der Waals surface area contributed by atoms with Crippen molar-refractivity contribution in [3.05, 3.63) is 53.6 Å². The summed E-state index contributed by atoms with van der Waals surface area (Å²) in [6, 6.07) is 7.14. The second-order valence-electron chi connectivity index (χ2n) is 3.84. The average Bonchev–Trinajstić information content (AvgIpc) is 2.40. The summed E-state index contributed by atoms with van der Waals surface area (Å²) in [6.45, 7) is 0. The third-order valence-corrected chi connectivity index (χ3v) is 2.67. The van der Waals surface area contributed by atoms with Crippen molar-refractivity contribution in [2.75, 3.05) is 7.11 Å². The Kier molecular flexibility index (Phi) is 3.46. The van der Waals surface area contributed by atoms with Crippen molar-refractivity contribution in [3.8, 4) is 16.9 Å². The summed E-state index contributed by atoms with van der Waals surface area (Å²) in [7, 11) is 1.31. The molecule has 19 heavy (non-hydrogen) atoms. The van der Waals surface area contributed by atoms with Crippen LogP contribution in [0.15, 0.2) is 36.4 Å². The first-order chi connectivity index (χ1) is 9.02. The van der Waals surface area contributed by atoms with Crippen molar-refractivity contribution in [3.63, 3.8) is 0 Å². The van der Waals surface area contributed by atoms with E-state index < -0.39 is 17.6 Å². The van der Waals surface area contributed by atoms with Gasteiger partial charge in [0.2, 0.25) is 0 Å². The molecule has 0 aliphatic carbocycles. The molecule has 0 spiro atoms. The predicted octanol–water partition coefficient (Wildman–Crippen LogP) is 3.34. The van der Waals surface area contributed by atoms with Gasteiger partial charge >= 0.3 is 5.97 Å². The number of benzene rings is 2. The molecule has 0 saturated heterocycles. The van der Waals surface area contributed by atoms with E-state index >= 15 is 0 Å². The van der Waals surface area contributed by atoms with E-state index in [1.807, 2.05) is 0 Å². The molecule has 0 unspecified atom stereocenters. The second kappa shape index (κ2) is 5.06. The summed E-state index contributed by atoms with van der Waals surface area (Å²) in [5, 5.41) is 8.94. The Balaban J connectivity index is 2.57. The maximum absolute atomic E-state index is 13.6. The smallest absolute Gasteiger partial charge is 0.339 e. The first-order valence-electron chi connectivity index (χ1n) is 5.39. The molecule has 0 aliphatic rings. The van der Waals surface area contributed by atoms with Crippen molar-refractivity contribution < 1.29 is 23.4 Å². The van der Waals surface area contributed by atoms with Crippen LogP contribution in [-0.2, 0) is 0 Å². The number of methoxy groups -OCH3 is 1. The molecule has 5 heteroatoms. The second-order valence-corrected chi connectivity index (χ2v) is 3.84. The quantitative estimate of drug-likeness (QED) is 0.924.